The molecule has 2 N–H and O–H groups in total. The van der Waals surface area contributed by atoms with Crippen LogP contribution in [0.4, 0.5) is 10.1 Å². The summed E-state index contributed by atoms with van der Waals surface area (Å²) in [6.07, 6.45) is 0. The van der Waals surface area contributed by atoms with Crippen molar-refractivity contribution in [3.8, 4) is 11.4 Å². The summed E-state index contributed by atoms with van der Waals surface area (Å²) in [4.78, 5) is 4.55. The van der Waals surface area contributed by atoms with E-state index in [0.29, 0.717) is 28.6 Å². The van der Waals surface area contributed by atoms with Gasteiger partial charge in [0.2, 0.25) is 0 Å². The highest BCUT2D eigenvalue weighted by molar-refractivity contribution is 6.31. The van der Waals surface area contributed by atoms with E-state index in [9.17, 15) is 4.39 Å². The fourth-order valence-corrected chi connectivity index (χ4v) is 2.52. The molecule has 3 aromatic rings. The Labute approximate surface area is 120 Å². The van der Waals surface area contributed by atoms with E-state index in [1.807, 2.05) is 23.6 Å². The minimum atomic E-state index is -0.332. The summed E-state index contributed by atoms with van der Waals surface area (Å²) >= 11 is 5.99. The first-order valence-corrected chi connectivity index (χ1v) is 6.69. The Morgan fingerprint density at radius 1 is 1.25 bits per heavy atom. The Bertz CT molecular complexity index is 795. The highest BCUT2D eigenvalue weighted by Gasteiger charge is 2.14. The molecule has 5 heteroatoms. The topological polar surface area (TPSA) is 43.8 Å². The van der Waals surface area contributed by atoms with Gasteiger partial charge < -0.3 is 10.3 Å². The SMILES string of the molecule is CCn1c(-c2cc(F)ccc2N)nc2cc(Cl)ccc21. The number of nitrogens with two attached hydrogens (primary N) is 1. The molecule has 20 heavy (non-hydrogen) atoms. The van der Waals surface area contributed by atoms with Crippen LogP contribution in [0.1, 0.15) is 6.92 Å². The van der Waals surface area contributed by atoms with Crippen LogP contribution >= 0.6 is 11.6 Å². The molecule has 0 saturated heterocycles. The summed E-state index contributed by atoms with van der Waals surface area (Å²) in [7, 11) is 0. The first-order valence-electron chi connectivity index (χ1n) is 6.31. The molecule has 2 aromatic carbocycles. The molecule has 0 aliphatic heterocycles. The minimum Gasteiger partial charge on any atom is -0.398 e. The molecule has 0 aliphatic rings. The molecule has 0 radical (unpaired) electrons. The van der Waals surface area contributed by atoms with Crippen molar-refractivity contribution < 1.29 is 4.39 Å². The number of aryl methyl sites for hydroxylation is 1. The van der Waals surface area contributed by atoms with Crippen molar-refractivity contribution in [2.45, 2.75) is 13.5 Å². The van der Waals surface area contributed by atoms with Crippen molar-refractivity contribution in [1.29, 1.82) is 0 Å². The van der Waals surface area contributed by atoms with Crippen molar-refractivity contribution >= 4 is 28.3 Å². The predicted octanol–water partition coefficient (Wildman–Crippen LogP) is 4.10. The van der Waals surface area contributed by atoms with Gasteiger partial charge in [-0.15, -0.1) is 0 Å². The van der Waals surface area contributed by atoms with E-state index in [4.69, 9.17) is 17.3 Å². The van der Waals surface area contributed by atoms with Gasteiger partial charge in [0, 0.05) is 22.8 Å². The van der Waals surface area contributed by atoms with Crippen molar-refractivity contribution in [2.24, 2.45) is 0 Å². The van der Waals surface area contributed by atoms with Gasteiger partial charge in [0.15, 0.2) is 0 Å². The lowest BCUT2D eigenvalue weighted by Crippen LogP contribution is -2.00. The minimum absolute atomic E-state index is 0.332. The van der Waals surface area contributed by atoms with Crippen molar-refractivity contribution in [3.05, 3.63) is 47.2 Å². The van der Waals surface area contributed by atoms with Gasteiger partial charge in [-0.3, -0.25) is 0 Å². The lowest BCUT2D eigenvalue weighted by atomic mass is 10.1. The summed E-state index contributed by atoms with van der Waals surface area (Å²) in [6.45, 7) is 2.72. The van der Waals surface area contributed by atoms with Gasteiger partial charge in [0.05, 0.1) is 11.0 Å². The predicted molar refractivity (Wildman–Crippen MR) is 80.2 cm³/mol. The number of fused-ring (bicyclic) bond motifs is 1. The van der Waals surface area contributed by atoms with E-state index >= 15 is 0 Å². The molecule has 0 unspecified atom stereocenters. The van der Waals surface area contributed by atoms with Crippen LogP contribution in [0.15, 0.2) is 36.4 Å². The van der Waals surface area contributed by atoms with Gasteiger partial charge in [0.25, 0.3) is 0 Å². The van der Waals surface area contributed by atoms with Crippen molar-refractivity contribution in [3.63, 3.8) is 0 Å². The second kappa shape index (κ2) is 4.80. The number of nitrogens with zero attached hydrogens (tertiary/aromatic N) is 2. The van der Waals surface area contributed by atoms with Gasteiger partial charge in [-0.1, -0.05) is 11.6 Å². The van der Waals surface area contributed by atoms with Crippen LogP contribution in [0.25, 0.3) is 22.4 Å². The summed E-state index contributed by atoms with van der Waals surface area (Å²) in [5, 5.41) is 0.622. The van der Waals surface area contributed by atoms with Crippen LogP contribution in [0.5, 0.6) is 0 Å². The van der Waals surface area contributed by atoms with Crippen LogP contribution in [-0.2, 0) is 6.54 Å². The number of imidazole rings is 1. The monoisotopic (exact) mass is 289 g/mol. The van der Waals surface area contributed by atoms with Crippen LogP contribution in [0.2, 0.25) is 5.02 Å². The number of hydrogen-bond acceptors (Lipinski definition) is 2. The number of anilines is 1. The summed E-state index contributed by atoms with van der Waals surface area (Å²) < 4.78 is 15.5. The molecule has 0 spiro atoms. The maximum absolute atomic E-state index is 13.5. The zero-order valence-corrected chi connectivity index (χ0v) is 11.7. The summed E-state index contributed by atoms with van der Waals surface area (Å²) in [5.41, 5.74) is 8.78. The van der Waals surface area contributed by atoms with Crippen molar-refractivity contribution in [1.82, 2.24) is 9.55 Å². The third-order valence-corrected chi connectivity index (χ3v) is 3.52. The lowest BCUT2D eigenvalue weighted by molar-refractivity contribution is 0.628. The quantitative estimate of drug-likeness (QED) is 0.722. The zero-order valence-electron chi connectivity index (χ0n) is 10.9. The number of hydrogen-bond donors (Lipinski definition) is 1. The van der Waals surface area contributed by atoms with Crippen LogP contribution in [0.3, 0.4) is 0 Å². The fraction of sp³-hybridized carbons (Fsp3) is 0.133. The van der Waals surface area contributed by atoms with E-state index in [0.717, 1.165) is 11.0 Å². The first-order chi connectivity index (χ1) is 9.60. The molecule has 0 amide bonds. The van der Waals surface area contributed by atoms with E-state index < -0.39 is 0 Å². The third kappa shape index (κ3) is 2.02. The molecule has 0 saturated carbocycles. The molecule has 3 rings (SSSR count). The Hall–Kier alpha value is -2.07. The molecule has 102 valence electrons. The normalized spacial score (nSPS) is 11.2. The number of benzene rings is 2. The van der Waals surface area contributed by atoms with E-state index in [2.05, 4.69) is 4.98 Å². The van der Waals surface area contributed by atoms with Crippen LogP contribution < -0.4 is 5.73 Å². The van der Waals surface area contributed by atoms with E-state index in [-0.39, 0.29) is 5.82 Å². The highest BCUT2D eigenvalue weighted by Crippen LogP contribution is 2.30. The Morgan fingerprint density at radius 2 is 2.05 bits per heavy atom. The smallest absolute Gasteiger partial charge is 0.143 e. The molecular formula is C15H13ClFN3. The molecule has 0 fully saturated rings. The standard InChI is InChI=1S/C15H13ClFN3/c1-2-20-14-6-3-9(16)7-13(14)19-15(20)11-8-10(17)4-5-12(11)18/h3-8H,2,18H2,1H3. The van der Waals surface area contributed by atoms with Gasteiger partial charge in [-0.05, 0) is 43.3 Å². The zero-order chi connectivity index (χ0) is 14.3. The van der Waals surface area contributed by atoms with Gasteiger partial charge in [-0.25, -0.2) is 9.37 Å². The van der Waals surface area contributed by atoms with Crippen LogP contribution in [-0.4, -0.2) is 9.55 Å². The van der Waals surface area contributed by atoms with E-state index in [1.165, 1.54) is 12.1 Å². The maximum Gasteiger partial charge on any atom is 0.143 e. The summed E-state index contributed by atoms with van der Waals surface area (Å²) in [6, 6.07) is 9.82. The molecule has 1 aromatic heterocycles. The molecule has 0 atom stereocenters. The van der Waals surface area contributed by atoms with Gasteiger partial charge in [-0.2, -0.15) is 0 Å². The number of aromatic nitrogens is 2. The third-order valence-electron chi connectivity index (χ3n) is 3.28. The molecular weight excluding hydrogens is 277 g/mol. The van der Waals surface area contributed by atoms with Gasteiger partial charge in [0.1, 0.15) is 11.6 Å². The second-order valence-electron chi connectivity index (χ2n) is 4.54. The second-order valence-corrected chi connectivity index (χ2v) is 4.98. The number of rotatable bonds is 2. The molecule has 1 heterocycles. The Balaban J connectivity index is 2.32. The van der Waals surface area contributed by atoms with Crippen LogP contribution in [0, 0.1) is 5.82 Å². The average molecular weight is 290 g/mol. The Morgan fingerprint density at radius 3 is 2.80 bits per heavy atom. The van der Waals surface area contributed by atoms with E-state index in [1.54, 1.807) is 12.1 Å². The molecule has 0 bridgehead atoms. The highest BCUT2D eigenvalue weighted by atomic mass is 35.5. The largest absolute Gasteiger partial charge is 0.398 e. The lowest BCUT2D eigenvalue weighted by Gasteiger charge is -2.08. The summed E-state index contributed by atoms with van der Waals surface area (Å²) in [5.74, 6) is 0.323. The fourth-order valence-electron chi connectivity index (χ4n) is 2.35. The van der Waals surface area contributed by atoms with Crippen molar-refractivity contribution in [2.75, 3.05) is 5.73 Å². The molecule has 3 nitrogen and oxygen atoms in total. The first kappa shape index (κ1) is 12.9. The number of nitrogen functional groups attached to an aromatic ring is 1. The Kier molecular flexibility index (Phi) is 3.10. The number of halogens is 2. The van der Waals surface area contributed by atoms with Gasteiger partial charge >= 0.3 is 0 Å². The maximum atomic E-state index is 13.5. The average Bonchev–Trinajstić information content (AvgIpc) is 2.78. The molecule has 0 aliphatic carbocycles.